The van der Waals surface area contributed by atoms with Gasteiger partial charge in [-0.25, -0.2) is 5.43 Å². The molecule has 0 aliphatic heterocycles. The molecule has 1 heterocycles. The standard InChI is InChI=1S/C14H19ClN4O/c1-4-19-14(12(20-3)8-17-19)13(18-16)10-5-9(2)6-11(15)7-10/h5-8,13,18H,4,16H2,1-3H3. The topological polar surface area (TPSA) is 65.1 Å². The van der Waals surface area contributed by atoms with Gasteiger partial charge in [0.15, 0.2) is 5.75 Å². The quantitative estimate of drug-likeness (QED) is 0.656. The van der Waals surface area contributed by atoms with Crippen molar-refractivity contribution in [1.29, 1.82) is 0 Å². The third-order valence-corrected chi connectivity index (χ3v) is 3.42. The van der Waals surface area contributed by atoms with Gasteiger partial charge >= 0.3 is 0 Å². The van der Waals surface area contributed by atoms with Crippen molar-refractivity contribution in [1.82, 2.24) is 15.2 Å². The molecule has 0 spiro atoms. The highest BCUT2D eigenvalue weighted by Crippen LogP contribution is 2.31. The lowest BCUT2D eigenvalue weighted by Crippen LogP contribution is -2.31. The third kappa shape index (κ3) is 2.80. The summed E-state index contributed by atoms with van der Waals surface area (Å²) < 4.78 is 7.24. The van der Waals surface area contributed by atoms with Gasteiger partial charge in [-0.2, -0.15) is 5.10 Å². The smallest absolute Gasteiger partial charge is 0.161 e. The highest BCUT2D eigenvalue weighted by molar-refractivity contribution is 6.30. The Hall–Kier alpha value is -1.56. The van der Waals surface area contributed by atoms with Crippen LogP contribution in [0.5, 0.6) is 5.75 Å². The summed E-state index contributed by atoms with van der Waals surface area (Å²) in [6.45, 7) is 4.75. The van der Waals surface area contributed by atoms with Crippen molar-refractivity contribution in [3.05, 3.63) is 46.2 Å². The minimum Gasteiger partial charge on any atom is -0.493 e. The summed E-state index contributed by atoms with van der Waals surface area (Å²) in [6, 6.07) is 5.62. The van der Waals surface area contributed by atoms with Crippen LogP contribution in [0.1, 0.15) is 29.8 Å². The lowest BCUT2D eigenvalue weighted by molar-refractivity contribution is 0.399. The first-order valence-corrected chi connectivity index (χ1v) is 6.81. The van der Waals surface area contributed by atoms with Crippen molar-refractivity contribution in [3.63, 3.8) is 0 Å². The largest absolute Gasteiger partial charge is 0.493 e. The molecular weight excluding hydrogens is 276 g/mol. The number of nitrogens with zero attached hydrogens (tertiary/aromatic N) is 2. The van der Waals surface area contributed by atoms with Gasteiger partial charge in [0.2, 0.25) is 0 Å². The number of nitrogens with one attached hydrogen (secondary N) is 1. The Balaban J connectivity index is 2.54. The second kappa shape index (κ2) is 6.26. The molecule has 5 nitrogen and oxygen atoms in total. The predicted molar refractivity (Wildman–Crippen MR) is 79.8 cm³/mol. The van der Waals surface area contributed by atoms with Gasteiger partial charge in [0.1, 0.15) is 5.69 Å². The molecule has 1 aromatic carbocycles. The Morgan fingerprint density at radius 3 is 2.75 bits per heavy atom. The molecule has 3 N–H and O–H groups in total. The number of benzene rings is 1. The predicted octanol–water partition coefficient (Wildman–Crippen LogP) is 2.43. The summed E-state index contributed by atoms with van der Waals surface area (Å²) in [6.07, 6.45) is 1.70. The second-order valence-electron chi connectivity index (χ2n) is 4.58. The van der Waals surface area contributed by atoms with E-state index >= 15 is 0 Å². The van der Waals surface area contributed by atoms with Crippen molar-refractivity contribution in [2.24, 2.45) is 5.84 Å². The highest BCUT2D eigenvalue weighted by atomic mass is 35.5. The Morgan fingerprint density at radius 1 is 1.45 bits per heavy atom. The Bertz CT molecular complexity index is 555. The summed E-state index contributed by atoms with van der Waals surface area (Å²) in [7, 11) is 1.62. The molecule has 2 aromatic rings. The zero-order chi connectivity index (χ0) is 14.7. The molecule has 20 heavy (non-hydrogen) atoms. The molecular formula is C14H19ClN4O. The fourth-order valence-electron chi connectivity index (χ4n) is 2.34. The van der Waals surface area contributed by atoms with Crippen LogP contribution in [0.15, 0.2) is 24.4 Å². The molecule has 1 unspecified atom stereocenters. The number of aryl methyl sites for hydroxylation is 2. The van der Waals surface area contributed by atoms with Crippen molar-refractivity contribution in [2.75, 3.05) is 7.11 Å². The minimum atomic E-state index is -0.232. The zero-order valence-corrected chi connectivity index (χ0v) is 12.6. The van der Waals surface area contributed by atoms with E-state index in [9.17, 15) is 0 Å². The van der Waals surface area contributed by atoms with Crippen LogP contribution in [0.2, 0.25) is 5.02 Å². The number of halogens is 1. The number of aromatic nitrogens is 2. The van der Waals surface area contributed by atoms with Gasteiger partial charge in [-0.05, 0) is 37.1 Å². The van der Waals surface area contributed by atoms with Crippen LogP contribution in [0.4, 0.5) is 0 Å². The van der Waals surface area contributed by atoms with Crippen LogP contribution in [-0.4, -0.2) is 16.9 Å². The van der Waals surface area contributed by atoms with Gasteiger partial charge in [-0.3, -0.25) is 10.5 Å². The van der Waals surface area contributed by atoms with E-state index in [1.54, 1.807) is 13.3 Å². The molecule has 0 aliphatic rings. The van der Waals surface area contributed by atoms with Gasteiger partial charge < -0.3 is 4.74 Å². The fourth-order valence-corrected chi connectivity index (χ4v) is 2.64. The molecule has 0 amide bonds. The van der Waals surface area contributed by atoms with Gasteiger partial charge in [0.05, 0.1) is 19.3 Å². The van der Waals surface area contributed by atoms with E-state index < -0.39 is 0 Å². The normalized spacial score (nSPS) is 12.4. The average molecular weight is 295 g/mol. The molecule has 0 radical (unpaired) electrons. The maximum Gasteiger partial charge on any atom is 0.161 e. The average Bonchev–Trinajstić information content (AvgIpc) is 2.81. The molecule has 108 valence electrons. The summed E-state index contributed by atoms with van der Waals surface area (Å²) in [5, 5.41) is 4.99. The van der Waals surface area contributed by atoms with E-state index in [0.717, 1.165) is 23.4 Å². The number of methoxy groups -OCH3 is 1. The SMILES string of the molecule is CCn1ncc(OC)c1C(NN)c1cc(C)cc(Cl)c1. The molecule has 1 atom stereocenters. The van der Waals surface area contributed by atoms with Crippen LogP contribution in [0.3, 0.4) is 0 Å². The molecule has 2 rings (SSSR count). The Morgan fingerprint density at radius 2 is 2.20 bits per heavy atom. The van der Waals surface area contributed by atoms with E-state index in [0.29, 0.717) is 10.8 Å². The monoisotopic (exact) mass is 294 g/mol. The summed E-state index contributed by atoms with van der Waals surface area (Å²) in [5.41, 5.74) is 5.77. The number of hydrazine groups is 1. The van der Waals surface area contributed by atoms with Crippen LogP contribution >= 0.6 is 11.6 Å². The van der Waals surface area contributed by atoms with Crippen molar-refractivity contribution in [3.8, 4) is 5.75 Å². The van der Waals surface area contributed by atoms with Crippen LogP contribution < -0.4 is 16.0 Å². The van der Waals surface area contributed by atoms with Crippen LogP contribution in [0.25, 0.3) is 0 Å². The lowest BCUT2D eigenvalue weighted by atomic mass is 10.0. The molecule has 6 heteroatoms. The lowest BCUT2D eigenvalue weighted by Gasteiger charge is -2.19. The van der Waals surface area contributed by atoms with Crippen LogP contribution in [-0.2, 0) is 6.54 Å². The molecule has 0 aliphatic carbocycles. The number of hydrogen-bond donors (Lipinski definition) is 2. The summed E-state index contributed by atoms with van der Waals surface area (Å²) >= 11 is 6.14. The molecule has 1 aromatic heterocycles. The number of rotatable bonds is 5. The molecule has 0 saturated heterocycles. The number of nitrogens with two attached hydrogens (primary N) is 1. The van der Waals surface area contributed by atoms with E-state index in [4.69, 9.17) is 22.2 Å². The summed E-state index contributed by atoms with van der Waals surface area (Å²) in [4.78, 5) is 0. The van der Waals surface area contributed by atoms with E-state index in [-0.39, 0.29) is 6.04 Å². The number of ether oxygens (including phenoxy) is 1. The van der Waals surface area contributed by atoms with Gasteiger partial charge in [-0.1, -0.05) is 17.7 Å². The zero-order valence-electron chi connectivity index (χ0n) is 11.9. The first-order chi connectivity index (χ1) is 9.60. The van der Waals surface area contributed by atoms with Crippen molar-refractivity contribution in [2.45, 2.75) is 26.4 Å². The van der Waals surface area contributed by atoms with Crippen LogP contribution in [0, 0.1) is 6.92 Å². The van der Waals surface area contributed by atoms with E-state index in [2.05, 4.69) is 10.5 Å². The van der Waals surface area contributed by atoms with Crippen molar-refractivity contribution < 1.29 is 4.74 Å². The van der Waals surface area contributed by atoms with E-state index in [1.165, 1.54) is 0 Å². The van der Waals surface area contributed by atoms with Gasteiger partial charge in [-0.15, -0.1) is 0 Å². The fraction of sp³-hybridized carbons (Fsp3) is 0.357. The first-order valence-electron chi connectivity index (χ1n) is 6.43. The Labute approximate surface area is 123 Å². The van der Waals surface area contributed by atoms with Gasteiger partial charge in [0, 0.05) is 11.6 Å². The van der Waals surface area contributed by atoms with Gasteiger partial charge in [0.25, 0.3) is 0 Å². The molecule has 0 fully saturated rings. The maximum absolute atomic E-state index is 6.14. The molecule has 0 saturated carbocycles. The maximum atomic E-state index is 6.14. The third-order valence-electron chi connectivity index (χ3n) is 3.20. The summed E-state index contributed by atoms with van der Waals surface area (Å²) in [5.74, 6) is 6.45. The van der Waals surface area contributed by atoms with Crippen molar-refractivity contribution >= 4 is 11.6 Å². The minimum absolute atomic E-state index is 0.232. The highest BCUT2D eigenvalue weighted by Gasteiger charge is 2.22. The second-order valence-corrected chi connectivity index (χ2v) is 5.01. The first kappa shape index (κ1) is 14.8. The van der Waals surface area contributed by atoms with E-state index in [1.807, 2.05) is 36.7 Å². The Kier molecular flexibility index (Phi) is 4.65. The number of hydrogen-bond acceptors (Lipinski definition) is 4. The molecule has 0 bridgehead atoms.